The standard InChI is InChI=1S/C19H27N3O6S/c1-2-27-19(24)21-13-11-20(12-14-21)18(23)15-28-16-5-7-17(8-6-16)29(25,26)22-9-3-4-10-22/h5-8H,2-4,9-15H2,1H3. The van der Waals surface area contributed by atoms with E-state index in [0.717, 1.165) is 12.8 Å². The molecule has 0 aliphatic carbocycles. The van der Waals surface area contributed by atoms with Crippen molar-refractivity contribution in [2.45, 2.75) is 24.7 Å². The average molecular weight is 426 g/mol. The highest BCUT2D eigenvalue weighted by molar-refractivity contribution is 7.89. The summed E-state index contributed by atoms with van der Waals surface area (Å²) in [6.07, 6.45) is 1.41. The lowest BCUT2D eigenvalue weighted by atomic mass is 10.3. The quantitative estimate of drug-likeness (QED) is 0.678. The first-order valence-corrected chi connectivity index (χ1v) is 11.3. The molecular formula is C19H27N3O6S. The third-order valence-electron chi connectivity index (χ3n) is 5.05. The second-order valence-corrected chi connectivity index (χ2v) is 8.88. The number of ether oxygens (including phenoxy) is 2. The zero-order valence-corrected chi connectivity index (χ0v) is 17.4. The molecule has 0 N–H and O–H groups in total. The third-order valence-corrected chi connectivity index (χ3v) is 6.96. The number of benzene rings is 1. The second-order valence-electron chi connectivity index (χ2n) is 6.94. The van der Waals surface area contributed by atoms with Crippen molar-refractivity contribution in [1.82, 2.24) is 14.1 Å². The Morgan fingerprint density at radius 2 is 1.52 bits per heavy atom. The predicted octanol–water partition coefficient (Wildman–Crippen LogP) is 1.15. The molecule has 2 aliphatic rings. The fourth-order valence-corrected chi connectivity index (χ4v) is 4.89. The van der Waals surface area contributed by atoms with E-state index in [9.17, 15) is 18.0 Å². The van der Waals surface area contributed by atoms with Crippen molar-refractivity contribution in [3.8, 4) is 5.75 Å². The van der Waals surface area contributed by atoms with Gasteiger partial charge in [-0.2, -0.15) is 4.31 Å². The highest BCUT2D eigenvalue weighted by atomic mass is 32.2. The van der Waals surface area contributed by atoms with E-state index < -0.39 is 10.0 Å². The Morgan fingerprint density at radius 1 is 0.931 bits per heavy atom. The molecule has 0 saturated carbocycles. The predicted molar refractivity (Wildman–Crippen MR) is 105 cm³/mol. The monoisotopic (exact) mass is 425 g/mol. The molecule has 2 heterocycles. The summed E-state index contributed by atoms with van der Waals surface area (Å²) in [5.41, 5.74) is 0. The number of carbonyl (C=O) groups is 2. The molecule has 2 amide bonds. The minimum atomic E-state index is -3.46. The Balaban J connectivity index is 1.48. The summed E-state index contributed by atoms with van der Waals surface area (Å²) in [6.45, 7) is 4.74. The molecule has 2 aliphatic heterocycles. The van der Waals surface area contributed by atoms with Crippen LogP contribution in [0.5, 0.6) is 5.75 Å². The lowest BCUT2D eigenvalue weighted by Gasteiger charge is -2.33. The molecule has 2 fully saturated rings. The molecular weight excluding hydrogens is 398 g/mol. The Morgan fingerprint density at radius 3 is 2.10 bits per heavy atom. The minimum Gasteiger partial charge on any atom is -0.484 e. The maximum atomic E-state index is 12.5. The fraction of sp³-hybridized carbons (Fsp3) is 0.579. The lowest BCUT2D eigenvalue weighted by Crippen LogP contribution is -2.51. The highest BCUT2D eigenvalue weighted by Gasteiger charge is 2.27. The lowest BCUT2D eigenvalue weighted by molar-refractivity contribution is -0.134. The van der Waals surface area contributed by atoms with E-state index in [4.69, 9.17) is 9.47 Å². The van der Waals surface area contributed by atoms with Crippen LogP contribution in [0.1, 0.15) is 19.8 Å². The van der Waals surface area contributed by atoms with Crippen molar-refractivity contribution in [1.29, 1.82) is 0 Å². The molecule has 160 valence electrons. The first-order chi connectivity index (χ1) is 13.9. The molecule has 9 nitrogen and oxygen atoms in total. The van der Waals surface area contributed by atoms with Gasteiger partial charge in [0.1, 0.15) is 5.75 Å². The van der Waals surface area contributed by atoms with Crippen LogP contribution in [0.3, 0.4) is 0 Å². The van der Waals surface area contributed by atoms with Gasteiger partial charge in [0.15, 0.2) is 6.61 Å². The summed E-state index contributed by atoms with van der Waals surface area (Å²) in [6, 6.07) is 6.14. The van der Waals surface area contributed by atoms with Crippen molar-refractivity contribution in [2.75, 3.05) is 52.5 Å². The van der Waals surface area contributed by atoms with E-state index in [-0.39, 0.29) is 23.5 Å². The van der Waals surface area contributed by atoms with Gasteiger partial charge >= 0.3 is 6.09 Å². The second kappa shape index (κ2) is 9.45. The van der Waals surface area contributed by atoms with Crippen molar-refractivity contribution < 1.29 is 27.5 Å². The molecule has 10 heteroatoms. The summed E-state index contributed by atoms with van der Waals surface area (Å²) in [5, 5.41) is 0. The Bertz CT molecular complexity index is 813. The van der Waals surface area contributed by atoms with Gasteiger partial charge in [0.2, 0.25) is 10.0 Å². The molecule has 1 aromatic carbocycles. The van der Waals surface area contributed by atoms with Gasteiger partial charge in [-0.05, 0) is 44.0 Å². The molecule has 2 saturated heterocycles. The number of piperazine rings is 1. The maximum absolute atomic E-state index is 12.5. The first-order valence-electron chi connectivity index (χ1n) is 9.84. The molecule has 0 aromatic heterocycles. The number of hydrogen-bond donors (Lipinski definition) is 0. The molecule has 0 bridgehead atoms. The van der Waals surface area contributed by atoms with Crippen LogP contribution in [0.2, 0.25) is 0 Å². The molecule has 29 heavy (non-hydrogen) atoms. The van der Waals surface area contributed by atoms with E-state index in [1.54, 1.807) is 28.9 Å². The topological polar surface area (TPSA) is 96.5 Å². The Labute approximate surface area is 171 Å². The molecule has 0 atom stereocenters. The fourth-order valence-electron chi connectivity index (χ4n) is 3.37. The van der Waals surface area contributed by atoms with Crippen LogP contribution < -0.4 is 4.74 Å². The van der Waals surface area contributed by atoms with E-state index in [1.807, 2.05) is 0 Å². The number of hydrogen-bond acceptors (Lipinski definition) is 6. The maximum Gasteiger partial charge on any atom is 0.409 e. The van der Waals surface area contributed by atoms with Crippen molar-refractivity contribution in [3.63, 3.8) is 0 Å². The van der Waals surface area contributed by atoms with Gasteiger partial charge < -0.3 is 19.3 Å². The summed E-state index contributed by atoms with van der Waals surface area (Å²) in [4.78, 5) is 27.5. The van der Waals surface area contributed by atoms with Crippen LogP contribution in [-0.4, -0.2) is 87.0 Å². The van der Waals surface area contributed by atoms with Crippen molar-refractivity contribution >= 4 is 22.0 Å². The molecule has 1 aromatic rings. The van der Waals surface area contributed by atoms with Gasteiger partial charge in [-0.25, -0.2) is 13.2 Å². The van der Waals surface area contributed by atoms with E-state index in [1.165, 1.54) is 16.4 Å². The summed E-state index contributed by atoms with van der Waals surface area (Å²) in [5.74, 6) is 0.256. The van der Waals surface area contributed by atoms with Crippen LogP contribution in [0.15, 0.2) is 29.2 Å². The molecule has 0 spiro atoms. The number of nitrogens with zero attached hydrogens (tertiary/aromatic N) is 3. The van der Waals surface area contributed by atoms with Gasteiger partial charge in [0.25, 0.3) is 5.91 Å². The zero-order valence-electron chi connectivity index (χ0n) is 16.6. The smallest absolute Gasteiger partial charge is 0.409 e. The van der Waals surface area contributed by atoms with Crippen LogP contribution in [0, 0.1) is 0 Å². The SMILES string of the molecule is CCOC(=O)N1CCN(C(=O)COc2ccc(S(=O)(=O)N3CCCC3)cc2)CC1. The summed E-state index contributed by atoms with van der Waals surface area (Å²) in [7, 11) is -3.46. The summed E-state index contributed by atoms with van der Waals surface area (Å²) < 4.78 is 37.0. The largest absolute Gasteiger partial charge is 0.484 e. The normalized spacial score (nSPS) is 18.0. The zero-order chi connectivity index (χ0) is 20.9. The van der Waals surface area contributed by atoms with Crippen LogP contribution >= 0.6 is 0 Å². The first kappa shape index (κ1) is 21.4. The van der Waals surface area contributed by atoms with Gasteiger partial charge in [0, 0.05) is 39.3 Å². The van der Waals surface area contributed by atoms with Gasteiger partial charge in [-0.3, -0.25) is 4.79 Å². The number of carbonyl (C=O) groups excluding carboxylic acids is 2. The Hall–Kier alpha value is -2.33. The van der Waals surface area contributed by atoms with Crippen LogP contribution in [0.25, 0.3) is 0 Å². The summed E-state index contributed by atoms with van der Waals surface area (Å²) >= 11 is 0. The van der Waals surface area contributed by atoms with Gasteiger partial charge in [-0.1, -0.05) is 0 Å². The molecule has 3 rings (SSSR count). The van der Waals surface area contributed by atoms with Crippen LogP contribution in [-0.2, 0) is 19.6 Å². The van der Waals surface area contributed by atoms with E-state index >= 15 is 0 Å². The van der Waals surface area contributed by atoms with Crippen molar-refractivity contribution in [2.24, 2.45) is 0 Å². The minimum absolute atomic E-state index is 0.141. The highest BCUT2D eigenvalue weighted by Crippen LogP contribution is 2.23. The number of rotatable bonds is 6. The number of sulfonamides is 1. The third kappa shape index (κ3) is 5.18. The average Bonchev–Trinajstić information content (AvgIpc) is 3.28. The van der Waals surface area contributed by atoms with Crippen LogP contribution in [0.4, 0.5) is 4.79 Å². The van der Waals surface area contributed by atoms with E-state index in [2.05, 4.69) is 0 Å². The van der Waals surface area contributed by atoms with Crippen molar-refractivity contribution in [3.05, 3.63) is 24.3 Å². The van der Waals surface area contributed by atoms with E-state index in [0.29, 0.717) is 51.6 Å². The van der Waals surface area contributed by atoms with Gasteiger partial charge in [-0.15, -0.1) is 0 Å². The van der Waals surface area contributed by atoms with Gasteiger partial charge in [0.05, 0.1) is 11.5 Å². The molecule has 0 radical (unpaired) electrons. The molecule has 0 unspecified atom stereocenters. The number of amides is 2. The Kier molecular flexibility index (Phi) is 6.96.